The number of piperidine rings is 1. The summed E-state index contributed by atoms with van der Waals surface area (Å²) in [6.45, 7) is 2.13. The molecule has 1 aliphatic carbocycles. The number of nitrogens with one attached hydrogen (secondary N) is 1. The third kappa shape index (κ3) is 3.31. The zero-order valence-corrected chi connectivity index (χ0v) is 13.5. The zero-order chi connectivity index (χ0) is 15.7. The molecule has 1 heterocycles. The van der Waals surface area contributed by atoms with Gasteiger partial charge >= 0.3 is 0 Å². The van der Waals surface area contributed by atoms with Crippen molar-refractivity contribution >= 4 is 23.2 Å². The van der Waals surface area contributed by atoms with Crippen molar-refractivity contribution in [2.45, 2.75) is 37.8 Å². The maximum atomic E-state index is 12.5. The molecule has 1 saturated heterocycles. The largest absolute Gasteiger partial charge is 0.496 e. The zero-order valence-electron chi connectivity index (χ0n) is 12.8. The highest BCUT2D eigenvalue weighted by atomic mass is 35.5. The van der Waals surface area contributed by atoms with Crippen LogP contribution >= 0.6 is 11.6 Å². The molecule has 0 spiro atoms. The quantitative estimate of drug-likeness (QED) is 0.834. The van der Waals surface area contributed by atoms with Gasteiger partial charge in [-0.15, -0.1) is 0 Å². The fourth-order valence-corrected chi connectivity index (χ4v) is 3.19. The summed E-state index contributed by atoms with van der Waals surface area (Å²) in [5.41, 5.74) is 6.60. The highest BCUT2D eigenvalue weighted by molar-refractivity contribution is 6.33. The standard InChI is InChI=1S/C16H22ClN3O2/c1-22-15-9-14(18)13(17)8-12(15)16(21)19-10-4-6-20(7-5-10)11-2-3-11/h8-11H,2-7,18H2,1H3,(H,19,21). The van der Waals surface area contributed by atoms with Crippen LogP contribution in [0.1, 0.15) is 36.0 Å². The Balaban J connectivity index is 1.63. The first kappa shape index (κ1) is 15.4. The van der Waals surface area contributed by atoms with Gasteiger partial charge in [0.2, 0.25) is 0 Å². The van der Waals surface area contributed by atoms with Crippen LogP contribution in [0.25, 0.3) is 0 Å². The Morgan fingerprint density at radius 2 is 2.00 bits per heavy atom. The monoisotopic (exact) mass is 323 g/mol. The van der Waals surface area contributed by atoms with E-state index in [1.807, 2.05) is 0 Å². The van der Waals surface area contributed by atoms with Gasteiger partial charge in [-0.25, -0.2) is 0 Å². The number of benzene rings is 1. The van der Waals surface area contributed by atoms with Crippen molar-refractivity contribution in [3.63, 3.8) is 0 Å². The van der Waals surface area contributed by atoms with E-state index in [-0.39, 0.29) is 11.9 Å². The van der Waals surface area contributed by atoms with E-state index in [2.05, 4.69) is 10.2 Å². The molecular weight excluding hydrogens is 302 g/mol. The van der Waals surface area contributed by atoms with Gasteiger partial charge in [-0.05, 0) is 31.7 Å². The van der Waals surface area contributed by atoms with E-state index in [1.54, 1.807) is 12.1 Å². The molecule has 1 aromatic rings. The average Bonchev–Trinajstić information content (AvgIpc) is 3.35. The molecule has 2 fully saturated rings. The lowest BCUT2D eigenvalue weighted by molar-refractivity contribution is 0.0906. The van der Waals surface area contributed by atoms with Crippen LogP contribution in [0.5, 0.6) is 5.75 Å². The summed E-state index contributed by atoms with van der Waals surface area (Å²) in [6.07, 6.45) is 4.65. The number of nitrogen functional groups attached to an aromatic ring is 1. The van der Waals surface area contributed by atoms with Gasteiger partial charge in [0, 0.05) is 31.2 Å². The number of methoxy groups -OCH3 is 1. The van der Waals surface area contributed by atoms with Crippen LogP contribution in [-0.2, 0) is 0 Å². The van der Waals surface area contributed by atoms with Crippen molar-refractivity contribution in [1.29, 1.82) is 0 Å². The van der Waals surface area contributed by atoms with Crippen molar-refractivity contribution in [2.75, 3.05) is 25.9 Å². The Kier molecular flexibility index (Phi) is 4.45. The van der Waals surface area contributed by atoms with E-state index in [4.69, 9.17) is 22.1 Å². The lowest BCUT2D eigenvalue weighted by Gasteiger charge is -2.32. The van der Waals surface area contributed by atoms with Crippen LogP contribution in [0.2, 0.25) is 5.02 Å². The predicted octanol–water partition coefficient (Wildman–Crippen LogP) is 2.29. The first-order chi connectivity index (χ1) is 10.6. The lowest BCUT2D eigenvalue weighted by atomic mass is 10.0. The van der Waals surface area contributed by atoms with Gasteiger partial charge in [-0.2, -0.15) is 0 Å². The Hall–Kier alpha value is -1.46. The fourth-order valence-electron chi connectivity index (χ4n) is 3.03. The number of hydrogen-bond acceptors (Lipinski definition) is 4. The van der Waals surface area contributed by atoms with Crippen molar-refractivity contribution < 1.29 is 9.53 Å². The van der Waals surface area contributed by atoms with Gasteiger partial charge in [0.1, 0.15) is 5.75 Å². The molecule has 3 rings (SSSR count). The predicted molar refractivity (Wildman–Crippen MR) is 87.5 cm³/mol. The molecule has 5 nitrogen and oxygen atoms in total. The normalized spacial score (nSPS) is 19.9. The minimum absolute atomic E-state index is 0.149. The molecule has 0 radical (unpaired) electrons. The summed E-state index contributed by atoms with van der Waals surface area (Å²) in [6, 6.07) is 4.17. The number of nitrogens with zero attached hydrogens (tertiary/aromatic N) is 1. The van der Waals surface area contributed by atoms with E-state index >= 15 is 0 Å². The number of halogens is 1. The van der Waals surface area contributed by atoms with Gasteiger partial charge in [0.25, 0.3) is 5.91 Å². The number of carbonyl (C=O) groups is 1. The summed E-state index contributed by atoms with van der Waals surface area (Å²) in [5.74, 6) is 0.304. The molecule has 0 aromatic heterocycles. The van der Waals surface area contributed by atoms with Gasteiger partial charge in [0.05, 0.1) is 23.4 Å². The van der Waals surface area contributed by atoms with Crippen molar-refractivity contribution in [1.82, 2.24) is 10.2 Å². The number of nitrogens with two attached hydrogens (primary N) is 1. The Bertz CT molecular complexity index is 567. The molecule has 6 heteroatoms. The molecule has 1 saturated carbocycles. The van der Waals surface area contributed by atoms with Crippen molar-refractivity contribution in [3.8, 4) is 5.75 Å². The third-order valence-corrected chi connectivity index (χ3v) is 4.82. The molecule has 1 aliphatic heterocycles. The Labute approximate surface area is 135 Å². The summed E-state index contributed by atoms with van der Waals surface area (Å²) in [4.78, 5) is 15.0. The van der Waals surface area contributed by atoms with Crippen molar-refractivity contribution in [2.24, 2.45) is 0 Å². The highest BCUT2D eigenvalue weighted by Crippen LogP contribution is 2.30. The van der Waals surface area contributed by atoms with Crippen LogP contribution in [0.3, 0.4) is 0 Å². The molecule has 3 N–H and O–H groups in total. The number of ether oxygens (including phenoxy) is 1. The molecule has 1 amide bonds. The number of likely N-dealkylation sites (tertiary alicyclic amines) is 1. The maximum absolute atomic E-state index is 12.5. The topological polar surface area (TPSA) is 67.6 Å². The molecule has 2 aliphatic rings. The lowest BCUT2D eigenvalue weighted by Crippen LogP contribution is -2.45. The molecule has 22 heavy (non-hydrogen) atoms. The van der Waals surface area contributed by atoms with E-state index in [0.717, 1.165) is 32.0 Å². The second kappa shape index (κ2) is 6.34. The molecule has 0 bridgehead atoms. The fraction of sp³-hybridized carbons (Fsp3) is 0.562. The second-order valence-electron chi connectivity index (χ2n) is 6.09. The first-order valence-electron chi connectivity index (χ1n) is 7.76. The Morgan fingerprint density at radius 3 is 2.59 bits per heavy atom. The number of carbonyl (C=O) groups excluding carboxylic acids is 1. The van der Waals surface area contributed by atoms with Gasteiger partial charge in [-0.1, -0.05) is 11.6 Å². The van der Waals surface area contributed by atoms with Crippen LogP contribution in [-0.4, -0.2) is 43.1 Å². The summed E-state index contributed by atoms with van der Waals surface area (Å²) in [7, 11) is 1.52. The average molecular weight is 324 g/mol. The molecule has 0 unspecified atom stereocenters. The van der Waals surface area contributed by atoms with Gasteiger partial charge in [-0.3, -0.25) is 4.79 Å². The minimum Gasteiger partial charge on any atom is -0.496 e. The van der Waals surface area contributed by atoms with Gasteiger partial charge < -0.3 is 20.7 Å². The van der Waals surface area contributed by atoms with Crippen LogP contribution in [0.15, 0.2) is 12.1 Å². The molecular formula is C16H22ClN3O2. The molecule has 120 valence electrons. The SMILES string of the molecule is COc1cc(N)c(Cl)cc1C(=O)NC1CCN(C2CC2)CC1. The van der Waals surface area contributed by atoms with Crippen LogP contribution in [0, 0.1) is 0 Å². The van der Waals surface area contributed by atoms with E-state index < -0.39 is 0 Å². The smallest absolute Gasteiger partial charge is 0.255 e. The number of amides is 1. The van der Waals surface area contributed by atoms with Crippen LogP contribution < -0.4 is 15.8 Å². The number of anilines is 1. The number of rotatable bonds is 4. The minimum atomic E-state index is -0.149. The highest BCUT2D eigenvalue weighted by Gasteiger charge is 2.32. The van der Waals surface area contributed by atoms with E-state index in [9.17, 15) is 4.79 Å². The summed E-state index contributed by atoms with van der Waals surface area (Å²) < 4.78 is 5.24. The van der Waals surface area contributed by atoms with E-state index in [0.29, 0.717) is 22.0 Å². The first-order valence-corrected chi connectivity index (χ1v) is 8.14. The van der Waals surface area contributed by atoms with Crippen molar-refractivity contribution in [3.05, 3.63) is 22.7 Å². The summed E-state index contributed by atoms with van der Waals surface area (Å²) in [5, 5.41) is 3.46. The second-order valence-corrected chi connectivity index (χ2v) is 6.50. The molecule has 0 atom stereocenters. The Morgan fingerprint density at radius 1 is 1.32 bits per heavy atom. The van der Waals surface area contributed by atoms with E-state index in [1.165, 1.54) is 20.0 Å². The third-order valence-electron chi connectivity index (χ3n) is 4.49. The van der Waals surface area contributed by atoms with Crippen LogP contribution in [0.4, 0.5) is 5.69 Å². The summed E-state index contributed by atoms with van der Waals surface area (Å²) >= 11 is 6.02. The number of hydrogen-bond donors (Lipinski definition) is 2. The maximum Gasteiger partial charge on any atom is 0.255 e. The van der Waals surface area contributed by atoms with Gasteiger partial charge in [0.15, 0.2) is 0 Å². The molecule has 1 aromatic carbocycles.